The average molecular weight is 572 g/mol. The Hall–Kier alpha value is -4.71. The molecular formula is C30H30FN7O4. The van der Waals surface area contributed by atoms with Gasteiger partial charge in [0.25, 0.3) is 0 Å². The summed E-state index contributed by atoms with van der Waals surface area (Å²) >= 11 is 0. The number of ether oxygens (including phenoxy) is 1. The normalized spacial score (nSPS) is 18.8. The number of fused-ring (bicyclic) bond motifs is 5. The largest absolute Gasteiger partial charge is 0.493 e. The molecule has 216 valence electrons. The van der Waals surface area contributed by atoms with Gasteiger partial charge in [0.2, 0.25) is 5.43 Å². The summed E-state index contributed by atoms with van der Waals surface area (Å²) in [5.41, 5.74) is 3.45. The van der Waals surface area contributed by atoms with Crippen molar-refractivity contribution in [3.63, 3.8) is 0 Å². The zero-order valence-corrected chi connectivity index (χ0v) is 23.7. The van der Waals surface area contributed by atoms with E-state index < -0.39 is 17.2 Å². The van der Waals surface area contributed by atoms with E-state index in [9.17, 15) is 14.7 Å². The van der Waals surface area contributed by atoms with Crippen molar-refractivity contribution in [2.75, 3.05) is 51.1 Å². The Morgan fingerprint density at radius 2 is 2.00 bits per heavy atom. The van der Waals surface area contributed by atoms with Crippen molar-refractivity contribution in [1.29, 1.82) is 0 Å². The minimum atomic E-state index is -1.30. The Balaban J connectivity index is 1.58. The van der Waals surface area contributed by atoms with Gasteiger partial charge in [0.1, 0.15) is 16.9 Å². The predicted molar refractivity (Wildman–Crippen MR) is 159 cm³/mol. The molecule has 2 saturated heterocycles. The summed E-state index contributed by atoms with van der Waals surface area (Å²) < 4.78 is 22.6. The highest BCUT2D eigenvalue weighted by Crippen LogP contribution is 2.48. The molecule has 1 aromatic carbocycles. The van der Waals surface area contributed by atoms with E-state index in [0.717, 1.165) is 37.1 Å². The molecule has 12 heteroatoms. The van der Waals surface area contributed by atoms with E-state index in [1.807, 2.05) is 0 Å². The summed E-state index contributed by atoms with van der Waals surface area (Å²) in [6, 6.07) is 3.31. The highest BCUT2D eigenvalue weighted by molar-refractivity contribution is 6.20. The maximum Gasteiger partial charge on any atom is 0.341 e. The highest BCUT2D eigenvalue weighted by Gasteiger charge is 2.42. The molecule has 3 N–H and O–H groups in total. The van der Waals surface area contributed by atoms with E-state index in [-0.39, 0.29) is 22.7 Å². The van der Waals surface area contributed by atoms with Gasteiger partial charge >= 0.3 is 5.97 Å². The second-order valence-corrected chi connectivity index (χ2v) is 11.2. The number of aromatic amines is 1. The van der Waals surface area contributed by atoms with Crippen molar-refractivity contribution >= 4 is 50.3 Å². The zero-order valence-electron chi connectivity index (χ0n) is 23.7. The van der Waals surface area contributed by atoms with Gasteiger partial charge < -0.3 is 34.5 Å². The molecule has 11 nitrogen and oxygen atoms in total. The Morgan fingerprint density at radius 1 is 1.19 bits per heavy atom. The molecule has 2 aliphatic heterocycles. The number of carboxylic acids is 1. The van der Waals surface area contributed by atoms with E-state index in [4.69, 9.17) is 9.72 Å². The number of carboxylic acid groups (broad SMARTS) is 1. The number of likely N-dealkylation sites (tertiary alicyclic amines) is 1. The molecule has 2 aliphatic rings. The maximum atomic E-state index is 15.4. The number of nitrogens with zero attached hydrogens (tertiary/aromatic N) is 5. The van der Waals surface area contributed by atoms with Crippen LogP contribution in [0.4, 0.5) is 15.8 Å². The van der Waals surface area contributed by atoms with Crippen LogP contribution in [0.15, 0.2) is 35.5 Å². The summed E-state index contributed by atoms with van der Waals surface area (Å²) in [5, 5.41) is 14.2. The molecule has 0 unspecified atom stereocenters. The lowest BCUT2D eigenvalue weighted by atomic mass is 9.99. The molecule has 4 aromatic heterocycles. The Kier molecular flexibility index (Phi) is 5.87. The first-order valence-corrected chi connectivity index (χ1v) is 13.8. The number of benzene rings is 1. The van der Waals surface area contributed by atoms with Crippen LogP contribution < -0.4 is 20.4 Å². The number of hydrogen-bond donors (Lipinski definition) is 3. The van der Waals surface area contributed by atoms with Gasteiger partial charge in [-0.3, -0.25) is 4.79 Å². The topological polar surface area (TPSA) is 129 Å². The summed E-state index contributed by atoms with van der Waals surface area (Å²) in [4.78, 5) is 42.5. The molecule has 7 rings (SSSR count). The molecule has 6 heterocycles. The Bertz CT molecular complexity index is 2000. The average Bonchev–Trinajstić information content (AvgIpc) is 3.66. The number of H-pyrrole nitrogens is 1. The van der Waals surface area contributed by atoms with Crippen molar-refractivity contribution in [2.45, 2.75) is 12.5 Å². The van der Waals surface area contributed by atoms with Gasteiger partial charge in [-0.15, -0.1) is 0 Å². The van der Waals surface area contributed by atoms with E-state index in [1.54, 1.807) is 37.1 Å². The first-order chi connectivity index (χ1) is 20.2. The van der Waals surface area contributed by atoms with E-state index in [1.165, 1.54) is 19.4 Å². The molecule has 5 aromatic rings. The molecule has 0 saturated carbocycles. The van der Waals surface area contributed by atoms with Gasteiger partial charge in [-0.05, 0) is 25.5 Å². The number of likely N-dealkylation sites (N-methyl/N-ethyl adjacent to an activating group) is 1. The number of pyridine rings is 3. The van der Waals surface area contributed by atoms with E-state index in [2.05, 4.69) is 32.1 Å². The minimum Gasteiger partial charge on any atom is -0.493 e. The van der Waals surface area contributed by atoms with Gasteiger partial charge in [0, 0.05) is 75.6 Å². The van der Waals surface area contributed by atoms with Crippen LogP contribution in [0.1, 0.15) is 16.8 Å². The number of carbonyl (C=O) groups is 1. The number of aromatic nitrogens is 4. The monoisotopic (exact) mass is 571 g/mol. The van der Waals surface area contributed by atoms with E-state index in [0.29, 0.717) is 44.9 Å². The van der Waals surface area contributed by atoms with Gasteiger partial charge in [0.05, 0.1) is 40.2 Å². The van der Waals surface area contributed by atoms with E-state index >= 15 is 4.39 Å². The van der Waals surface area contributed by atoms with Crippen LogP contribution >= 0.6 is 0 Å². The highest BCUT2D eigenvalue weighted by atomic mass is 19.1. The number of aryl methyl sites for hydroxylation is 1. The standard InChI is InChI=1S/C30H30FN7O4/c1-32-20-8-19(31)27(42-4)22-23-25(38-6-5-14-11-36(2)13-21(14)38)17(10-33-28(23)35-24(20)22)15-7-16-26(39)18(30(40)41)12-37(3)29(16)34-9-15/h7-10,12,14,21,32H,5-6,11,13H2,1-4H3,(H,33,35)(H,40,41)/t14-,21+/m1/s1. The minimum absolute atomic E-state index is 0.117. The molecule has 42 heavy (non-hydrogen) atoms. The smallest absolute Gasteiger partial charge is 0.341 e. The predicted octanol–water partition coefficient (Wildman–Crippen LogP) is 3.66. The number of halogens is 1. The number of rotatable bonds is 5. The summed E-state index contributed by atoms with van der Waals surface area (Å²) in [7, 11) is 6.96. The fourth-order valence-corrected chi connectivity index (χ4v) is 6.97. The van der Waals surface area contributed by atoms with Crippen molar-refractivity contribution < 1.29 is 19.0 Å². The van der Waals surface area contributed by atoms with Crippen LogP contribution in [0.3, 0.4) is 0 Å². The third kappa shape index (κ3) is 3.67. The zero-order chi connectivity index (χ0) is 29.4. The molecule has 2 fully saturated rings. The van der Waals surface area contributed by atoms with Gasteiger partial charge in [-0.2, -0.15) is 0 Å². The van der Waals surface area contributed by atoms with Crippen molar-refractivity contribution in [1.82, 2.24) is 24.4 Å². The van der Waals surface area contributed by atoms with Crippen LogP contribution in [-0.4, -0.2) is 82.4 Å². The van der Waals surface area contributed by atoms with Crippen LogP contribution in [0.5, 0.6) is 5.75 Å². The molecule has 0 amide bonds. The van der Waals surface area contributed by atoms with Gasteiger partial charge in [-0.1, -0.05) is 0 Å². The molecule has 0 bridgehead atoms. The fourth-order valence-electron chi connectivity index (χ4n) is 6.97. The number of aromatic carboxylic acids is 1. The lowest BCUT2D eigenvalue weighted by molar-refractivity contribution is 0.0695. The molecular weight excluding hydrogens is 541 g/mol. The Labute approximate surface area is 239 Å². The quantitative estimate of drug-likeness (QED) is 0.290. The van der Waals surface area contributed by atoms with Gasteiger partial charge in [0.15, 0.2) is 11.6 Å². The molecule has 0 aliphatic carbocycles. The van der Waals surface area contributed by atoms with Crippen molar-refractivity contribution in [2.24, 2.45) is 13.0 Å². The third-order valence-electron chi connectivity index (χ3n) is 8.82. The Morgan fingerprint density at radius 3 is 2.74 bits per heavy atom. The first-order valence-electron chi connectivity index (χ1n) is 13.8. The SMILES string of the molecule is CNc1cc(F)c(OC)c2c1[nH]c1ncc(-c3cnc4c(c3)c(=O)c(C(=O)O)cn4C)c(N3CC[C@@H]4CN(C)C[C@@H]43)c12. The van der Waals surface area contributed by atoms with Crippen LogP contribution in [0, 0.1) is 11.7 Å². The number of nitrogens with one attached hydrogen (secondary N) is 2. The number of anilines is 2. The second-order valence-electron chi connectivity index (χ2n) is 11.2. The van der Waals surface area contributed by atoms with Gasteiger partial charge in [-0.25, -0.2) is 19.2 Å². The summed E-state index contributed by atoms with van der Waals surface area (Å²) in [6.45, 7) is 2.67. The number of hydrogen-bond acceptors (Lipinski definition) is 8. The van der Waals surface area contributed by atoms with Crippen molar-refractivity contribution in [3.05, 3.63) is 52.3 Å². The number of methoxy groups -OCH3 is 1. The molecule has 0 spiro atoms. The lowest BCUT2D eigenvalue weighted by Gasteiger charge is -2.29. The second kappa shape index (κ2) is 9.41. The first kappa shape index (κ1) is 26.2. The molecule has 2 atom stereocenters. The third-order valence-corrected chi connectivity index (χ3v) is 8.82. The maximum absolute atomic E-state index is 15.4. The fraction of sp³-hybridized carbons (Fsp3) is 0.333. The molecule has 0 radical (unpaired) electrons. The van der Waals surface area contributed by atoms with Crippen LogP contribution in [0.25, 0.3) is 44.1 Å². The van der Waals surface area contributed by atoms with Crippen LogP contribution in [-0.2, 0) is 7.05 Å². The van der Waals surface area contributed by atoms with Crippen molar-refractivity contribution in [3.8, 4) is 16.9 Å². The lowest BCUT2D eigenvalue weighted by Crippen LogP contribution is -2.35. The summed E-state index contributed by atoms with van der Waals surface area (Å²) in [6.07, 6.45) is 5.71. The van der Waals surface area contributed by atoms with Crippen LogP contribution in [0.2, 0.25) is 0 Å². The summed E-state index contributed by atoms with van der Waals surface area (Å²) in [5.74, 6) is -1.20.